The first-order valence-electron chi connectivity index (χ1n) is 6.10. The van der Waals surface area contributed by atoms with E-state index in [1.807, 2.05) is 60.0 Å². The molecule has 1 heterocycles. The molecule has 0 aliphatic heterocycles. The summed E-state index contributed by atoms with van der Waals surface area (Å²) in [6.45, 7) is 2.04. The van der Waals surface area contributed by atoms with E-state index in [2.05, 4.69) is 26.1 Å². The van der Waals surface area contributed by atoms with Gasteiger partial charge in [-0.2, -0.15) is 0 Å². The van der Waals surface area contributed by atoms with Crippen LogP contribution in [0.25, 0.3) is 17.1 Å². The van der Waals surface area contributed by atoms with Crippen molar-refractivity contribution in [3.8, 4) is 17.1 Å². The van der Waals surface area contributed by atoms with Gasteiger partial charge in [-0.1, -0.05) is 42.5 Å². The highest BCUT2D eigenvalue weighted by atomic mass is 79.9. The minimum atomic E-state index is 0.343. The van der Waals surface area contributed by atoms with Crippen LogP contribution in [0.4, 0.5) is 0 Å². The molecule has 0 amide bonds. The topological polar surface area (TPSA) is 30.7 Å². The largest absolute Gasteiger partial charge is 0.265 e. The number of aromatic nitrogens is 3. The van der Waals surface area contributed by atoms with Crippen LogP contribution in [0.15, 0.2) is 53.0 Å². The van der Waals surface area contributed by atoms with Gasteiger partial charge in [0.25, 0.3) is 0 Å². The van der Waals surface area contributed by atoms with E-state index in [9.17, 15) is 0 Å². The Morgan fingerprint density at radius 1 is 1.00 bits per heavy atom. The highest BCUT2D eigenvalue weighted by Gasteiger charge is 2.16. The zero-order valence-corrected chi connectivity index (χ0v) is 13.1. The van der Waals surface area contributed by atoms with Crippen LogP contribution in [0.1, 0.15) is 5.56 Å². The Hall–Kier alpha value is -1.65. The number of aryl methyl sites for hydroxylation is 1. The smallest absolute Gasteiger partial charge is 0.229 e. The molecule has 0 saturated carbocycles. The van der Waals surface area contributed by atoms with Gasteiger partial charge < -0.3 is 0 Å². The molecule has 0 unspecified atom stereocenters. The van der Waals surface area contributed by atoms with Gasteiger partial charge in [0.15, 0.2) is 5.82 Å². The van der Waals surface area contributed by atoms with Crippen molar-refractivity contribution in [2.24, 2.45) is 0 Å². The van der Waals surface area contributed by atoms with Crippen molar-refractivity contribution in [1.82, 2.24) is 14.8 Å². The van der Waals surface area contributed by atoms with Crippen molar-refractivity contribution < 1.29 is 0 Å². The first-order chi connectivity index (χ1) is 9.68. The van der Waals surface area contributed by atoms with E-state index in [0.29, 0.717) is 5.28 Å². The molecule has 5 heteroatoms. The second-order valence-corrected chi connectivity index (χ2v) is 5.53. The number of benzene rings is 2. The summed E-state index contributed by atoms with van der Waals surface area (Å²) in [7, 11) is 0. The molecule has 3 rings (SSSR count). The molecule has 0 atom stereocenters. The number of rotatable bonds is 2. The molecule has 0 aliphatic rings. The molecule has 20 heavy (non-hydrogen) atoms. The molecule has 3 aromatic rings. The first kappa shape index (κ1) is 13.3. The second kappa shape index (κ2) is 5.38. The summed E-state index contributed by atoms with van der Waals surface area (Å²) in [6, 6.07) is 15.9. The van der Waals surface area contributed by atoms with Crippen LogP contribution in [-0.2, 0) is 0 Å². The molecule has 0 spiro atoms. The van der Waals surface area contributed by atoms with Crippen molar-refractivity contribution >= 4 is 27.5 Å². The fraction of sp³-hybridized carbons (Fsp3) is 0.0667. The van der Waals surface area contributed by atoms with Crippen LogP contribution < -0.4 is 0 Å². The number of hydrogen-bond donors (Lipinski definition) is 0. The Bertz CT molecular complexity index is 753. The third-order valence-corrected chi connectivity index (χ3v) is 4.34. The van der Waals surface area contributed by atoms with Gasteiger partial charge in [0.1, 0.15) is 0 Å². The fourth-order valence-corrected chi connectivity index (χ4v) is 2.71. The lowest BCUT2D eigenvalue weighted by molar-refractivity contribution is 1.05. The average Bonchev–Trinajstić information content (AvgIpc) is 2.85. The van der Waals surface area contributed by atoms with Gasteiger partial charge in [0, 0.05) is 10.0 Å². The van der Waals surface area contributed by atoms with E-state index in [1.54, 1.807) is 0 Å². The predicted molar refractivity (Wildman–Crippen MR) is 84.2 cm³/mol. The molecule has 0 saturated heterocycles. The first-order valence-corrected chi connectivity index (χ1v) is 7.27. The normalized spacial score (nSPS) is 10.8. The van der Waals surface area contributed by atoms with Crippen molar-refractivity contribution in [1.29, 1.82) is 0 Å². The fourth-order valence-electron chi connectivity index (χ4n) is 2.06. The van der Waals surface area contributed by atoms with E-state index in [1.165, 1.54) is 0 Å². The summed E-state index contributed by atoms with van der Waals surface area (Å²) < 4.78 is 2.83. The Morgan fingerprint density at radius 3 is 2.50 bits per heavy atom. The Kier molecular flexibility index (Phi) is 3.59. The minimum absolute atomic E-state index is 0.343. The van der Waals surface area contributed by atoms with Crippen LogP contribution in [-0.4, -0.2) is 14.8 Å². The summed E-state index contributed by atoms with van der Waals surface area (Å²) in [4.78, 5) is 0. The quantitative estimate of drug-likeness (QED) is 0.674. The summed E-state index contributed by atoms with van der Waals surface area (Å²) in [5.74, 6) is 0.724. The zero-order valence-electron chi connectivity index (χ0n) is 10.7. The number of hydrogen-bond acceptors (Lipinski definition) is 2. The molecule has 0 fully saturated rings. The van der Waals surface area contributed by atoms with Gasteiger partial charge in [0.2, 0.25) is 5.28 Å². The van der Waals surface area contributed by atoms with E-state index in [4.69, 9.17) is 11.6 Å². The average molecular weight is 349 g/mol. The second-order valence-electron chi connectivity index (χ2n) is 4.40. The highest BCUT2D eigenvalue weighted by Crippen LogP contribution is 2.31. The maximum atomic E-state index is 6.22. The predicted octanol–water partition coefficient (Wildman–Crippen LogP) is 4.66. The third-order valence-electron chi connectivity index (χ3n) is 3.07. The standard InChI is InChI=1S/C15H11BrClN3/c1-10-6-5-9-12(13(10)16)20-14(18-19-15(20)17)11-7-3-2-4-8-11/h2-9H,1H3. The van der Waals surface area contributed by atoms with Crippen LogP contribution in [0.3, 0.4) is 0 Å². The third kappa shape index (κ3) is 2.25. The lowest BCUT2D eigenvalue weighted by Gasteiger charge is -2.11. The summed E-state index contributed by atoms with van der Waals surface area (Å²) in [5.41, 5.74) is 3.03. The van der Waals surface area contributed by atoms with Gasteiger partial charge in [-0.3, -0.25) is 4.57 Å². The lowest BCUT2D eigenvalue weighted by atomic mass is 10.2. The minimum Gasteiger partial charge on any atom is -0.265 e. The van der Waals surface area contributed by atoms with Gasteiger partial charge in [-0.15, -0.1) is 10.2 Å². The van der Waals surface area contributed by atoms with Crippen molar-refractivity contribution in [3.63, 3.8) is 0 Å². The van der Waals surface area contributed by atoms with Gasteiger partial charge >= 0.3 is 0 Å². The Morgan fingerprint density at radius 2 is 1.75 bits per heavy atom. The van der Waals surface area contributed by atoms with Gasteiger partial charge in [-0.25, -0.2) is 0 Å². The van der Waals surface area contributed by atoms with Crippen LogP contribution in [0, 0.1) is 6.92 Å². The van der Waals surface area contributed by atoms with E-state index < -0.39 is 0 Å². The molecule has 3 nitrogen and oxygen atoms in total. The molecule has 0 radical (unpaired) electrons. The van der Waals surface area contributed by atoms with Crippen molar-refractivity contribution in [2.45, 2.75) is 6.92 Å². The van der Waals surface area contributed by atoms with E-state index in [-0.39, 0.29) is 0 Å². The molecule has 100 valence electrons. The lowest BCUT2D eigenvalue weighted by Crippen LogP contribution is -1.99. The molecular formula is C15H11BrClN3. The maximum Gasteiger partial charge on any atom is 0.229 e. The Balaban J connectivity index is 2.25. The van der Waals surface area contributed by atoms with Crippen LogP contribution in [0.2, 0.25) is 5.28 Å². The Labute approximate surface area is 130 Å². The van der Waals surface area contributed by atoms with Crippen molar-refractivity contribution in [3.05, 3.63) is 63.9 Å². The van der Waals surface area contributed by atoms with E-state index in [0.717, 1.165) is 27.1 Å². The monoisotopic (exact) mass is 347 g/mol. The SMILES string of the molecule is Cc1cccc(-n2c(Cl)nnc2-c2ccccc2)c1Br. The van der Waals surface area contributed by atoms with Crippen molar-refractivity contribution in [2.75, 3.05) is 0 Å². The van der Waals surface area contributed by atoms with E-state index >= 15 is 0 Å². The van der Waals surface area contributed by atoms with Gasteiger partial charge in [0.05, 0.1) is 5.69 Å². The molecular weight excluding hydrogens is 338 g/mol. The molecule has 2 aromatic carbocycles. The molecule has 1 aromatic heterocycles. The van der Waals surface area contributed by atoms with Gasteiger partial charge in [-0.05, 0) is 46.1 Å². The highest BCUT2D eigenvalue weighted by molar-refractivity contribution is 9.10. The molecule has 0 aliphatic carbocycles. The zero-order chi connectivity index (χ0) is 14.1. The summed E-state index contributed by atoms with van der Waals surface area (Å²) in [6.07, 6.45) is 0. The molecule has 0 N–H and O–H groups in total. The van der Waals surface area contributed by atoms with Crippen LogP contribution in [0.5, 0.6) is 0 Å². The number of nitrogens with zero attached hydrogens (tertiary/aromatic N) is 3. The summed E-state index contributed by atoms with van der Waals surface area (Å²) >= 11 is 9.83. The van der Waals surface area contributed by atoms with Crippen LogP contribution >= 0.6 is 27.5 Å². The maximum absolute atomic E-state index is 6.22. The number of halogens is 2. The molecule has 0 bridgehead atoms. The summed E-state index contributed by atoms with van der Waals surface area (Å²) in [5, 5.41) is 8.53.